The van der Waals surface area contributed by atoms with Crippen LogP contribution in [-0.4, -0.2) is 80.6 Å². The molecule has 0 amide bonds. The van der Waals surface area contributed by atoms with Gasteiger partial charge in [-0.3, -0.25) is 4.90 Å². The lowest BCUT2D eigenvalue weighted by Gasteiger charge is -2.37. The maximum absolute atomic E-state index is 6.29. The van der Waals surface area contributed by atoms with Crippen LogP contribution >= 0.6 is 17.2 Å². The Kier molecular flexibility index (Phi) is 23.9. The summed E-state index contributed by atoms with van der Waals surface area (Å²) in [7, 11) is 1.22. The van der Waals surface area contributed by atoms with Crippen molar-refractivity contribution in [3.8, 4) is 0 Å². The van der Waals surface area contributed by atoms with Crippen molar-refractivity contribution in [2.75, 3.05) is 58.4 Å². The molecule has 0 bridgehead atoms. The summed E-state index contributed by atoms with van der Waals surface area (Å²) in [6.07, 6.45) is 10.1. The topological polar surface area (TPSA) is 49.4 Å². The van der Waals surface area contributed by atoms with Gasteiger partial charge in [0.1, 0.15) is 6.23 Å². The van der Waals surface area contributed by atoms with E-state index >= 15 is 0 Å². The summed E-state index contributed by atoms with van der Waals surface area (Å²) in [6, 6.07) is 0. The highest BCUT2D eigenvalue weighted by atomic mass is 31.1. The van der Waals surface area contributed by atoms with Crippen molar-refractivity contribution in [1.82, 2.24) is 4.90 Å². The van der Waals surface area contributed by atoms with Gasteiger partial charge in [-0.25, -0.2) is 0 Å². The Labute approximate surface area is 228 Å². The minimum Gasteiger partial charge on any atom is -0.363 e. The summed E-state index contributed by atoms with van der Waals surface area (Å²) in [5.41, 5.74) is -0.879. The van der Waals surface area contributed by atoms with Crippen LogP contribution in [0.3, 0.4) is 0 Å². The molecule has 0 aliphatic carbocycles. The first-order valence-corrected chi connectivity index (χ1v) is 17.3. The Morgan fingerprint density at radius 1 is 0.556 bits per heavy atom. The SMILES string of the molecule is CCCOC(CC)N(CCPC(CC)(OCCC)OCCC)CCPC(CC)(OCCC)OCCC. The van der Waals surface area contributed by atoms with Gasteiger partial charge in [0.25, 0.3) is 0 Å². The van der Waals surface area contributed by atoms with Gasteiger partial charge in [0.15, 0.2) is 11.1 Å². The highest BCUT2D eigenvalue weighted by Gasteiger charge is 2.32. The van der Waals surface area contributed by atoms with Crippen LogP contribution < -0.4 is 0 Å². The van der Waals surface area contributed by atoms with Gasteiger partial charge in [0.05, 0.1) is 26.4 Å². The second-order valence-electron chi connectivity index (χ2n) is 9.23. The van der Waals surface area contributed by atoms with Crippen LogP contribution in [0.1, 0.15) is 107 Å². The Morgan fingerprint density at radius 2 is 0.917 bits per heavy atom. The van der Waals surface area contributed by atoms with Gasteiger partial charge in [-0.2, -0.15) is 0 Å². The van der Waals surface area contributed by atoms with Crippen LogP contribution in [0.2, 0.25) is 0 Å². The third kappa shape index (κ3) is 15.3. The quantitative estimate of drug-likeness (QED) is 0.0770. The van der Waals surface area contributed by atoms with E-state index < -0.39 is 11.1 Å². The smallest absolute Gasteiger partial charge is 0.183 e. The van der Waals surface area contributed by atoms with E-state index in [9.17, 15) is 0 Å². The standard InChI is InChI=1S/C28H61NO5P2/c1-9-19-30-26(14-6)29(17-24-35-27(15-7,31-20-10-2)32-21-11-3)18-25-36-28(16-8,33-22-12-4)34-23-13-5/h26,35-36H,9-25H2,1-8H3. The highest BCUT2D eigenvalue weighted by molar-refractivity contribution is 7.39. The van der Waals surface area contributed by atoms with Crippen LogP contribution in [0.25, 0.3) is 0 Å². The fraction of sp³-hybridized carbons (Fsp3) is 1.00. The fourth-order valence-electron chi connectivity index (χ4n) is 3.93. The average Bonchev–Trinajstić information content (AvgIpc) is 2.91. The van der Waals surface area contributed by atoms with E-state index in [0.717, 1.165) is 110 Å². The minimum atomic E-state index is -0.440. The molecule has 218 valence electrons. The van der Waals surface area contributed by atoms with Crippen LogP contribution in [0.4, 0.5) is 0 Å². The Morgan fingerprint density at radius 3 is 1.19 bits per heavy atom. The summed E-state index contributed by atoms with van der Waals surface area (Å²) >= 11 is 0. The van der Waals surface area contributed by atoms with Crippen molar-refractivity contribution in [3.63, 3.8) is 0 Å². The molecule has 0 N–H and O–H groups in total. The third-order valence-electron chi connectivity index (χ3n) is 5.95. The molecule has 6 nitrogen and oxygen atoms in total. The molecule has 0 aromatic heterocycles. The molecule has 0 heterocycles. The maximum Gasteiger partial charge on any atom is 0.183 e. The van der Waals surface area contributed by atoms with E-state index in [4.69, 9.17) is 23.7 Å². The first-order valence-electron chi connectivity index (χ1n) is 14.9. The first kappa shape index (κ1) is 36.6. The normalized spacial score (nSPS) is 14.2. The number of rotatable bonds is 27. The highest BCUT2D eigenvalue weighted by Crippen LogP contribution is 2.39. The van der Waals surface area contributed by atoms with Gasteiger partial charge in [0, 0.05) is 32.5 Å². The molecule has 8 heteroatoms. The average molecular weight is 554 g/mol. The van der Waals surface area contributed by atoms with Crippen molar-refractivity contribution in [3.05, 3.63) is 0 Å². The second kappa shape index (κ2) is 23.5. The molecule has 0 spiro atoms. The van der Waals surface area contributed by atoms with Gasteiger partial charge in [-0.15, -0.1) is 0 Å². The van der Waals surface area contributed by atoms with Crippen molar-refractivity contribution < 1.29 is 23.7 Å². The summed E-state index contributed by atoms with van der Waals surface area (Å²) in [5.74, 6) is 0. The van der Waals surface area contributed by atoms with Crippen molar-refractivity contribution in [2.24, 2.45) is 0 Å². The van der Waals surface area contributed by atoms with E-state index in [1.807, 2.05) is 0 Å². The summed E-state index contributed by atoms with van der Waals surface area (Å²) in [4.78, 5) is 2.54. The first-order chi connectivity index (χ1) is 17.5. The van der Waals surface area contributed by atoms with Gasteiger partial charge >= 0.3 is 0 Å². The van der Waals surface area contributed by atoms with Gasteiger partial charge in [-0.05, 0) is 50.8 Å². The van der Waals surface area contributed by atoms with Crippen LogP contribution in [-0.2, 0) is 23.7 Å². The zero-order valence-corrected chi connectivity index (χ0v) is 27.1. The molecule has 3 atom stereocenters. The van der Waals surface area contributed by atoms with E-state index in [0.29, 0.717) is 17.2 Å². The fourth-order valence-corrected chi connectivity index (χ4v) is 6.80. The molecule has 36 heavy (non-hydrogen) atoms. The summed E-state index contributed by atoms with van der Waals surface area (Å²) in [5, 5.41) is 0. The van der Waals surface area contributed by atoms with Gasteiger partial charge in [0.2, 0.25) is 0 Å². The predicted molar refractivity (Wildman–Crippen MR) is 159 cm³/mol. The Balaban J connectivity index is 5.31. The predicted octanol–water partition coefficient (Wildman–Crippen LogP) is 7.64. The monoisotopic (exact) mass is 553 g/mol. The Hall–Kier alpha value is 0.620. The summed E-state index contributed by atoms with van der Waals surface area (Å²) < 4.78 is 31.4. The summed E-state index contributed by atoms with van der Waals surface area (Å²) in [6.45, 7) is 23.2. The lowest BCUT2D eigenvalue weighted by Crippen LogP contribution is -2.41. The Bertz CT molecular complexity index is 437. The van der Waals surface area contributed by atoms with E-state index in [1.165, 1.54) is 0 Å². The number of ether oxygens (including phenoxy) is 5. The van der Waals surface area contributed by atoms with Crippen LogP contribution in [0.5, 0.6) is 0 Å². The maximum atomic E-state index is 6.29. The molecule has 3 unspecified atom stereocenters. The number of nitrogens with zero attached hydrogens (tertiary/aromatic N) is 1. The molecule has 0 aliphatic heterocycles. The molecule has 0 rings (SSSR count). The molecule has 0 saturated heterocycles. The largest absolute Gasteiger partial charge is 0.363 e. The number of hydrogen-bond acceptors (Lipinski definition) is 6. The molecule has 0 radical (unpaired) electrons. The van der Waals surface area contributed by atoms with E-state index in [2.05, 4.69) is 60.3 Å². The lowest BCUT2D eigenvalue weighted by atomic mass is 10.3. The van der Waals surface area contributed by atoms with E-state index in [1.54, 1.807) is 0 Å². The van der Waals surface area contributed by atoms with Crippen LogP contribution in [0.15, 0.2) is 0 Å². The van der Waals surface area contributed by atoms with Crippen molar-refractivity contribution in [1.29, 1.82) is 0 Å². The second-order valence-corrected chi connectivity index (χ2v) is 12.5. The van der Waals surface area contributed by atoms with Crippen LogP contribution in [0, 0.1) is 0 Å². The van der Waals surface area contributed by atoms with Gasteiger partial charge in [-0.1, -0.05) is 72.6 Å². The molecular formula is C28H61NO5P2. The molecular weight excluding hydrogens is 492 g/mol. The minimum absolute atomic E-state index is 0.146. The molecule has 0 aromatic rings. The van der Waals surface area contributed by atoms with E-state index in [-0.39, 0.29) is 6.23 Å². The van der Waals surface area contributed by atoms with Crippen molar-refractivity contribution in [2.45, 2.75) is 124 Å². The molecule has 0 aromatic carbocycles. The zero-order chi connectivity index (χ0) is 27.1. The van der Waals surface area contributed by atoms with Crippen molar-refractivity contribution >= 4 is 17.2 Å². The third-order valence-corrected chi connectivity index (χ3v) is 9.25. The lowest BCUT2D eigenvalue weighted by molar-refractivity contribution is -0.175. The molecule has 0 fully saturated rings. The van der Waals surface area contributed by atoms with Gasteiger partial charge < -0.3 is 23.7 Å². The zero-order valence-electron chi connectivity index (χ0n) is 25.1. The molecule has 0 aliphatic rings. The molecule has 0 saturated carbocycles. The number of hydrogen-bond donors (Lipinski definition) is 0.